The number of carbonyl (C=O) groups excluding carboxylic acids is 3. The summed E-state index contributed by atoms with van der Waals surface area (Å²) in [5, 5.41) is 8.96. The van der Waals surface area contributed by atoms with Gasteiger partial charge in [0, 0.05) is 30.3 Å². The van der Waals surface area contributed by atoms with Gasteiger partial charge in [-0.05, 0) is 18.2 Å². The van der Waals surface area contributed by atoms with Crippen molar-refractivity contribution < 1.29 is 23.6 Å². The summed E-state index contributed by atoms with van der Waals surface area (Å²) in [6, 6.07) is 15.7. The molecule has 2 amide bonds. The first-order valence-corrected chi connectivity index (χ1v) is 9.21. The van der Waals surface area contributed by atoms with Gasteiger partial charge in [-0.25, -0.2) is 0 Å². The molecule has 0 radical (unpaired) electrons. The van der Waals surface area contributed by atoms with E-state index in [1.165, 1.54) is 13.1 Å². The fourth-order valence-corrected chi connectivity index (χ4v) is 2.57. The summed E-state index contributed by atoms with van der Waals surface area (Å²) in [4.78, 5) is 39.7. The van der Waals surface area contributed by atoms with Crippen LogP contribution in [0.1, 0.15) is 22.7 Å². The second-order valence-corrected chi connectivity index (χ2v) is 6.25. The van der Waals surface area contributed by atoms with E-state index in [-0.39, 0.29) is 18.7 Å². The normalized spacial score (nSPS) is 10.3. The highest BCUT2D eigenvalue weighted by Crippen LogP contribution is 2.15. The third kappa shape index (κ3) is 5.74. The number of amides is 2. The van der Waals surface area contributed by atoms with Gasteiger partial charge in [-0.15, -0.1) is 0 Å². The van der Waals surface area contributed by atoms with Crippen molar-refractivity contribution in [2.45, 2.75) is 12.8 Å². The monoisotopic (exact) mass is 408 g/mol. The van der Waals surface area contributed by atoms with Crippen LogP contribution in [-0.2, 0) is 20.7 Å². The summed E-state index contributed by atoms with van der Waals surface area (Å²) in [6.07, 6.45) is 0.199. The highest BCUT2D eigenvalue weighted by molar-refractivity contribution is 5.97. The third-order valence-electron chi connectivity index (χ3n) is 4.04. The molecule has 0 spiro atoms. The fraction of sp³-hybridized carbons (Fsp3) is 0.190. The molecule has 0 aliphatic heterocycles. The molecule has 154 valence electrons. The zero-order chi connectivity index (χ0) is 21.3. The van der Waals surface area contributed by atoms with Crippen LogP contribution in [0.4, 0.5) is 5.69 Å². The van der Waals surface area contributed by atoms with Crippen molar-refractivity contribution in [3.63, 3.8) is 0 Å². The van der Waals surface area contributed by atoms with Crippen molar-refractivity contribution >= 4 is 23.5 Å². The molecule has 2 N–H and O–H groups in total. The van der Waals surface area contributed by atoms with Crippen molar-refractivity contribution in [1.29, 1.82) is 0 Å². The molecule has 0 saturated heterocycles. The highest BCUT2D eigenvalue weighted by atomic mass is 16.5. The SMILES string of the molecule is CNC(=O)c1cccc(NC(=O)COC(=O)CCc2nc(-c3ccccc3)no2)c1. The van der Waals surface area contributed by atoms with Crippen LogP contribution in [-0.4, -0.2) is 41.6 Å². The summed E-state index contributed by atoms with van der Waals surface area (Å²) in [7, 11) is 1.52. The molecule has 3 aromatic rings. The molecule has 0 atom stereocenters. The average Bonchev–Trinajstić information content (AvgIpc) is 3.25. The Bertz CT molecular complexity index is 1030. The first-order chi connectivity index (χ1) is 14.5. The minimum Gasteiger partial charge on any atom is -0.456 e. The number of esters is 1. The summed E-state index contributed by atoms with van der Waals surface area (Å²) in [6.45, 7) is -0.442. The predicted octanol–water partition coefficient (Wildman–Crippen LogP) is 2.21. The molecule has 0 aliphatic carbocycles. The Morgan fingerprint density at radius 1 is 1.07 bits per heavy atom. The Kier molecular flexibility index (Phi) is 6.88. The Balaban J connectivity index is 1.43. The van der Waals surface area contributed by atoms with Crippen LogP contribution in [0.5, 0.6) is 0 Å². The van der Waals surface area contributed by atoms with Gasteiger partial charge in [-0.3, -0.25) is 14.4 Å². The maximum atomic E-state index is 12.0. The van der Waals surface area contributed by atoms with Gasteiger partial charge in [0.25, 0.3) is 11.8 Å². The molecule has 9 nitrogen and oxygen atoms in total. The summed E-state index contributed by atoms with van der Waals surface area (Å²) >= 11 is 0. The molecule has 1 aromatic heterocycles. The van der Waals surface area contributed by atoms with Crippen LogP contribution in [0, 0.1) is 0 Å². The van der Waals surface area contributed by atoms with Crippen molar-refractivity contribution in [2.24, 2.45) is 0 Å². The van der Waals surface area contributed by atoms with Crippen molar-refractivity contribution in [2.75, 3.05) is 19.0 Å². The lowest BCUT2D eigenvalue weighted by Crippen LogP contribution is -2.22. The predicted molar refractivity (Wildman–Crippen MR) is 107 cm³/mol. The van der Waals surface area contributed by atoms with Gasteiger partial charge in [0.1, 0.15) is 0 Å². The van der Waals surface area contributed by atoms with Crippen LogP contribution in [0.2, 0.25) is 0 Å². The molecule has 3 rings (SSSR count). The summed E-state index contributed by atoms with van der Waals surface area (Å²) in [5.41, 5.74) is 1.64. The number of rotatable bonds is 8. The molecule has 9 heteroatoms. The number of benzene rings is 2. The Labute approximate surface area is 172 Å². The molecule has 0 aliphatic rings. The van der Waals surface area contributed by atoms with E-state index in [0.29, 0.717) is 23.0 Å². The van der Waals surface area contributed by atoms with Gasteiger partial charge in [0.2, 0.25) is 11.7 Å². The topological polar surface area (TPSA) is 123 Å². The van der Waals surface area contributed by atoms with Crippen LogP contribution in [0.25, 0.3) is 11.4 Å². The number of ether oxygens (including phenoxy) is 1. The van der Waals surface area contributed by atoms with E-state index in [1.54, 1.807) is 18.2 Å². The fourth-order valence-electron chi connectivity index (χ4n) is 2.57. The Morgan fingerprint density at radius 2 is 1.87 bits per heavy atom. The smallest absolute Gasteiger partial charge is 0.306 e. The molecule has 0 saturated carbocycles. The van der Waals surface area contributed by atoms with Crippen LogP contribution in [0.15, 0.2) is 59.1 Å². The Morgan fingerprint density at radius 3 is 2.63 bits per heavy atom. The maximum Gasteiger partial charge on any atom is 0.306 e. The molecule has 2 aromatic carbocycles. The Hall–Kier alpha value is -4.01. The van der Waals surface area contributed by atoms with E-state index in [9.17, 15) is 14.4 Å². The summed E-state index contributed by atoms with van der Waals surface area (Å²) < 4.78 is 10.1. The number of aromatic nitrogens is 2. The molecular formula is C21H20N4O5. The lowest BCUT2D eigenvalue weighted by Gasteiger charge is -2.07. The first kappa shape index (κ1) is 20.7. The molecule has 1 heterocycles. The lowest BCUT2D eigenvalue weighted by molar-refractivity contribution is -0.147. The van der Waals surface area contributed by atoms with E-state index in [0.717, 1.165) is 5.56 Å². The highest BCUT2D eigenvalue weighted by Gasteiger charge is 2.13. The number of anilines is 1. The number of nitrogens with one attached hydrogen (secondary N) is 2. The van der Waals surface area contributed by atoms with Gasteiger partial charge < -0.3 is 19.9 Å². The van der Waals surface area contributed by atoms with Crippen LogP contribution in [0.3, 0.4) is 0 Å². The third-order valence-corrected chi connectivity index (χ3v) is 4.04. The first-order valence-electron chi connectivity index (χ1n) is 9.21. The van der Waals surface area contributed by atoms with E-state index >= 15 is 0 Å². The average molecular weight is 408 g/mol. The molecule has 0 fully saturated rings. The van der Waals surface area contributed by atoms with E-state index in [2.05, 4.69) is 20.8 Å². The molecular weight excluding hydrogens is 388 g/mol. The van der Waals surface area contributed by atoms with E-state index in [1.807, 2.05) is 30.3 Å². The van der Waals surface area contributed by atoms with Crippen molar-refractivity contribution in [1.82, 2.24) is 15.5 Å². The largest absolute Gasteiger partial charge is 0.456 e. The number of aryl methyl sites for hydroxylation is 1. The van der Waals surface area contributed by atoms with Gasteiger partial charge >= 0.3 is 5.97 Å². The van der Waals surface area contributed by atoms with Gasteiger partial charge in [-0.2, -0.15) is 4.98 Å². The maximum absolute atomic E-state index is 12.0. The van der Waals surface area contributed by atoms with Crippen LogP contribution >= 0.6 is 0 Å². The van der Waals surface area contributed by atoms with E-state index in [4.69, 9.17) is 9.26 Å². The minimum atomic E-state index is -0.566. The van der Waals surface area contributed by atoms with Gasteiger partial charge in [0.15, 0.2) is 6.61 Å². The number of carbonyl (C=O) groups is 3. The molecule has 0 bridgehead atoms. The molecule has 30 heavy (non-hydrogen) atoms. The zero-order valence-electron chi connectivity index (χ0n) is 16.3. The lowest BCUT2D eigenvalue weighted by atomic mass is 10.2. The van der Waals surface area contributed by atoms with Crippen molar-refractivity contribution in [3.05, 3.63) is 66.1 Å². The second kappa shape index (κ2) is 9.97. The van der Waals surface area contributed by atoms with Gasteiger partial charge in [-0.1, -0.05) is 41.6 Å². The second-order valence-electron chi connectivity index (χ2n) is 6.25. The standard InChI is InChI=1S/C21H20N4O5/c1-22-21(28)15-8-5-9-16(12-15)23-17(26)13-29-19(27)11-10-18-24-20(25-30-18)14-6-3-2-4-7-14/h2-9,12H,10-11,13H2,1H3,(H,22,28)(H,23,26). The van der Waals surface area contributed by atoms with E-state index < -0.39 is 18.5 Å². The number of hydrogen-bond donors (Lipinski definition) is 2. The molecule has 0 unspecified atom stereocenters. The number of hydrogen-bond acceptors (Lipinski definition) is 7. The number of nitrogens with zero attached hydrogens (tertiary/aromatic N) is 2. The quantitative estimate of drug-likeness (QED) is 0.548. The zero-order valence-corrected chi connectivity index (χ0v) is 16.3. The minimum absolute atomic E-state index is 0.00411. The van der Waals surface area contributed by atoms with Gasteiger partial charge in [0.05, 0.1) is 6.42 Å². The van der Waals surface area contributed by atoms with Crippen LogP contribution < -0.4 is 10.6 Å². The van der Waals surface area contributed by atoms with Crippen molar-refractivity contribution in [3.8, 4) is 11.4 Å². The summed E-state index contributed by atoms with van der Waals surface area (Å²) in [5.74, 6) is -0.599.